The average Bonchev–Trinajstić information content (AvgIpc) is 2.88. The van der Waals surface area contributed by atoms with Gasteiger partial charge in [-0.3, -0.25) is 0 Å². The van der Waals surface area contributed by atoms with E-state index in [1.807, 2.05) is 6.92 Å². The minimum absolute atomic E-state index is 0.267. The van der Waals surface area contributed by atoms with Gasteiger partial charge in [0.15, 0.2) is 0 Å². The summed E-state index contributed by atoms with van der Waals surface area (Å²) in [7, 11) is -1.85. The van der Waals surface area contributed by atoms with E-state index in [0.717, 1.165) is 12.8 Å². The van der Waals surface area contributed by atoms with Crippen molar-refractivity contribution in [1.82, 2.24) is 9.29 Å². The molecule has 0 saturated carbocycles. The lowest BCUT2D eigenvalue weighted by molar-refractivity contribution is -0.0319. The Bertz CT molecular complexity index is 543. The molecule has 19 heavy (non-hydrogen) atoms. The van der Waals surface area contributed by atoms with Gasteiger partial charge in [-0.1, -0.05) is 0 Å². The molecule has 1 fully saturated rings. The van der Waals surface area contributed by atoms with Gasteiger partial charge in [0.2, 0.25) is 10.0 Å². The van der Waals surface area contributed by atoms with Gasteiger partial charge < -0.3 is 9.72 Å². The van der Waals surface area contributed by atoms with E-state index in [1.165, 1.54) is 10.5 Å². The van der Waals surface area contributed by atoms with Crippen molar-refractivity contribution in [2.24, 2.45) is 0 Å². The molecule has 1 saturated heterocycles. The van der Waals surface area contributed by atoms with Gasteiger partial charge in [-0.15, -0.1) is 11.6 Å². The van der Waals surface area contributed by atoms with E-state index >= 15 is 0 Å². The number of piperidine rings is 1. The lowest BCUT2D eigenvalue weighted by Crippen LogP contribution is -2.49. The van der Waals surface area contributed by atoms with Crippen molar-refractivity contribution in [2.45, 2.75) is 36.1 Å². The molecule has 1 aliphatic heterocycles. The summed E-state index contributed by atoms with van der Waals surface area (Å²) in [5.74, 6) is 0.269. The molecule has 1 N–H and O–H groups in total. The van der Waals surface area contributed by atoms with Crippen molar-refractivity contribution in [1.29, 1.82) is 0 Å². The Morgan fingerprint density at radius 2 is 2.32 bits per heavy atom. The number of sulfonamides is 1. The van der Waals surface area contributed by atoms with Crippen LogP contribution in [0.2, 0.25) is 0 Å². The third kappa shape index (κ3) is 2.97. The molecule has 1 aromatic heterocycles. The van der Waals surface area contributed by atoms with E-state index < -0.39 is 15.6 Å². The molecule has 2 heterocycles. The quantitative estimate of drug-likeness (QED) is 0.865. The predicted molar refractivity (Wildman–Crippen MR) is 73.8 cm³/mol. The van der Waals surface area contributed by atoms with E-state index in [9.17, 15) is 8.42 Å². The number of ether oxygens (including phenoxy) is 1. The number of halogens is 1. The zero-order valence-electron chi connectivity index (χ0n) is 11.1. The van der Waals surface area contributed by atoms with Gasteiger partial charge in [0, 0.05) is 32.1 Å². The maximum Gasteiger partial charge on any atom is 0.244 e. The van der Waals surface area contributed by atoms with Gasteiger partial charge in [0.1, 0.15) is 0 Å². The Morgan fingerprint density at radius 3 is 2.89 bits per heavy atom. The molecule has 5 nitrogen and oxygen atoms in total. The van der Waals surface area contributed by atoms with Crippen LogP contribution in [0.5, 0.6) is 0 Å². The Hall–Kier alpha value is -0.560. The molecule has 0 bridgehead atoms. The van der Waals surface area contributed by atoms with E-state index in [2.05, 4.69) is 4.98 Å². The fourth-order valence-corrected chi connectivity index (χ4v) is 4.09. The van der Waals surface area contributed by atoms with Crippen LogP contribution >= 0.6 is 11.6 Å². The molecule has 2 rings (SSSR count). The fourth-order valence-electron chi connectivity index (χ4n) is 2.33. The monoisotopic (exact) mass is 306 g/mol. The van der Waals surface area contributed by atoms with Crippen LogP contribution in [0.4, 0.5) is 0 Å². The van der Waals surface area contributed by atoms with Crippen LogP contribution in [0.25, 0.3) is 0 Å². The van der Waals surface area contributed by atoms with Crippen molar-refractivity contribution < 1.29 is 13.2 Å². The first-order valence-corrected chi connectivity index (χ1v) is 8.17. The van der Waals surface area contributed by atoms with E-state index in [4.69, 9.17) is 16.3 Å². The Morgan fingerprint density at radius 1 is 1.58 bits per heavy atom. The van der Waals surface area contributed by atoms with Crippen molar-refractivity contribution in [3.05, 3.63) is 18.0 Å². The van der Waals surface area contributed by atoms with Crippen molar-refractivity contribution in [2.75, 3.05) is 20.2 Å². The summed E-state index contributed by atoms with van der Waals surface area (Å²) in [5, 5.41) is 0. The van der Waals surface area contributed by atoms with Crippen LogP contribution in [-0.2, 0) is 20.6 Å². The van der Waals surface area contributed by atoms with Crippen LogP contribution in [0.1, 0.15) is 25.5 Å². The van der Waals surface area contributed by atoms with Gasteiger partial charge in [-0.25, -0.2) is 8.42 Å². The number of nitrogens with one attached hydrogen (secondary N) is 1. The third-order valence-electron chi connectivity index (χ3n) is 3.61. The average molecular weight is 307 g/mol. The second kappa shape index (κ2) is 5.44. The first-order valence-electron chi connectivity index (χ1n) is 6.20. The van der Waals surface area contributed by atoms with Gasteiger partial charge in [-0.2, -0.15) is 4.31 Å². The highest BCUT2D eigenvalue weighted by Gasteiger charge is 2.37. The molecule has 0 radical (unpaired) electrons. The maximum atomic E-state index is 12.5. The standard InChI is InChI=1S/C12H19ClN2O3S/c1-12(18-2)4-3-5-15(9-12)19(16,17)11-6-10(7-13)14-8-11/h6,8,14H,3-5,7,9H2,1-2H3. The normalized spacial score (nSPS) is 25.6. The minimum atomic E-state index is -3.47. The highest BCUT2D eigenvalue weighted by molar-refractivity contribution is 7.89. The molecule has 1 unspecified atom stereocenters. The molecule has 1 atom stereocenters. The summed E-state index contributed by atoms with van der Waals surface area (Å²) >= 11 is 5.68. The van der Waals surface area contributed by atoms with E-state index in [1.54, 1.807) is 13.2 Å². The summed E-state index contributed by atoms with van der Waals surface area (Å²) in [4.78, 5) is 3.13. The van der Waals surface area contributed by atoms with Gasteiger partial charge in [0.25, 0.3) is 0 Å². The fraction of sp³-hybridized carbons (Fsp3) is 0.667. The van der Waals surface area contributed by atoms with Crippen LogP contribution in [0.15, 0.2) is 17.2 Å². The summed E-state index contributed by atoms with van der Waals surface area (Å²) in [6.45, 7) is 2.85. The number of aromatic amines is 1. The summed E-state index contributed by atoms with van der Waals surface area (Å²) in [6.07, 6.45) is 3.16. The first kappa shape index (κ1) is 14.8. The third-order valence-corrected chi connectivity index (χ3v) is 5.73. The molecular formula is C12H19ClN2O3S. The van der Waals surface area contributed by atoms with Crippen molar-refractivity contribution in [3.8, 4) is 0 Å². The smallest absolute Gasteiger partial charge is 0.244 e. The molecule has 1 aromatic rings. The largest absolute Gasteiger partial charge is 0.377 e. The maximum absolute atomic E-state index is 12.5. The Balaban J connectivity index is 2.24. The molecule has 7 heteroatoms. The van der Waals surface area contributed by atoms with Gasteiger partial charge >= 0.3 is 0 Å². The molecular weight excluding hydrogens is 288 g/mol. The Kier molecular flexibility index (Phi) is 4.25. The molecule has 0 aromatic carbocycles. The van der Waals surface area contributed by atoms with Gasteiger partial charge in [-0.05, 0) is 25.8 Å². The van der Waals surface area contributed by atoms with E-state index in [-0.39, 0.29) is 10.8 Å². The summed E-state index contributed by atoms with van der Waals surface area (Å²) in [5.41, 5.74) is 0.295. The second-order valence-corrected chi connectivity index (χ2v) is 7.30. The van der Waals surface area contributed by atoms with Crippen molar-refractivity contribution in [3.63, 3.8) is 0 Å². The van der Waals surface area contributed by atoms with Crippen LogP contribution < -0.4 is 0 Å². The van der Waals surface area contributed by atoms with Crippen LogP contribution in [-0.4, -0.2) is 43.5 Å². The minimum Gasteiger partial charge on any atom is -0.377 e. The number of alkyl halides is 1. The zero-order valence-corrected chi connectivity index (χ0v) is 12.7. The number of aromatic nitrogens is 1. The molecule has 108 valence electrons. The number of rotatable bonds is 4. The number of nitrogens with zero attached hydrogens (tertiary/aromatic N) is 1. The number of H-pyrrole nitrogens is 1. The SMILES string of the molecule is COC1(C)CCCN(S(=O)(=O)c2c[nH]c(CCl)c2)C1. The predicted octanol–water partition coefficient (Wildman–Crippen LogP) is 1.94. The highest BCUT2D eigenvalue weighted by Crippen LogP contribution is 2.28. The first-order chi connectivity index (χ1) is 8.91. The Labute approximate surface area is 118 Å². The molecule has 0 spiro atoms. The highest BCUT2D eigenvalue weighted by atomic mass is 35.5. The summed E-state index contributed by atoms with van der Waals surface area (Å²) < 4.78 is 32.0. The van der Waals surface area contributed by atoms with Gasteiger partial charge in [0.05, 0.1) is 16.4 Å². The lowest BCUT2D eigenvalue weighted by Gasteiger charge is -2.38. The molecule has 0 amide bonds. The zero-order chi connectivity index (χ0) is 14.1. The topological polar surface area (TPSA) is 62.4 Å². The molecule has 1 aliphatic rings. The van der Waals surface area contributed by atoms with Crippen LogP contribution in [0, 0.1) is 0 Å². The number of hydrogen-bond donors (Lipinski definition) is 1. The number of methoxy groups -OCH3 is 1. The molecule has 0 aliphatic carbocycles. The van der Waals surface area contributed by atoms with E-state index in [0.29, 0.717) is 18.8 Å². The second-order valence-electron chi connectivity index (χ2n) is 5.09. The summed E-state index contributed by atoms with van der Waals surface area (Å²) in [6, 6.07) is 1.58. The number of hydrogen-bond acceptors (Lipinski definition) is 3. The lowest BCUT2D eigenvalue weighted by atomic mass is 9.96. The van der Waals surface area contributed by atoms with Crippen molar-refractivity contribution >= 4 is 21.6 Å². The van der Waals surface area contributed by atoms with Crippen LogP contribution in [0.3, 0.4) is 0 Å².